The molecular weight excluding hydrogens is 473 g/mol. The summed E-state index contributed by atoms with van der Waals surface area (Å²) in [5.41, 5.74) is -6.43. The topological polar surface area (TPSA) is 34.9 Å². The molecule has 0 spiro atoms. The fraction of sp³-hybridized carbons (Fsp3) is 0.182. The summed E-state index contributed by atoms with van der Waals surface area (Å²) in [6.45, 7) is 0. The highest BCUT2D eigenvalue weighted by Gasteiger charge is 2.41. The van der Waals surface area contributed by atoms with E-state index >= 15 is 0 Å². The monoisotopic (exact) mass is 474 g/mol. The average molecular weight is 476 g/mol. The van der Waals surface area contributed by atoms with Crippen LogP contribution in [0.5, 0.6) is 0 Å². The third-order valence-electron chi connectivity index (χ3n) is 2.65. The number of hydrogen-bond acceptors (Lipinski definition) is 2. The van der Waals surface area contributed by atoms with Crippen LogP contribution in [0.2, 0.25) is 10.0 Å². The van der Waals surface area contributed by atoms with Gasteiger partial charge in [0.1, 0.15) is 10.9 Å². The van der Waals surface area contributed by atoms with E-state index in [9.17, 15) is 30.6 Å². The third-order valence-corrected chi connectivity index (χ3v) is 5.32. The quantitative estimate of drug-likeness (QED) is 0.531. The predicted octanol–water partition coefficient (Wildman–Crippen LogP) is 5.59. The highest BCUT2D eigenvalue weighted by atomic mass is 79.9. The van der Waals surface area contributed by atoms with Gasteiger partial charge in [0, 0.05) is 0 Å². The zero-order chi connectivity index (χ0) is 18.4. The van der Waals surface area contributed by atoms with Gasteiger partial charge in [-0.05, 0) is 28.1 Å². The SMILES string of the molecule is O=S(c1ncn(-c2c(Cl)cc(C(F)(F)F)cc2Cl)c1Br)C(F)(F)F. The number of nitrogens with zero attached hydrogens (tertiary/aromatic N) is 2. The highest BCUT2D eigenvalue weighted by Crippen LogP contribution is 2.39. The molecule has 1 unspecified atom stereocenters. The van der Waals surface area contributed by atoms with Crippen LogP contribution in [0.25, 0.3) is 5.69 Å². The Balaban J connectivity index is 2.59. The van der Waals surface area contributed by atoms with E-state index in [1.54, 1.807) is 0 Å². The molecule has 0 aliphatic carbocycles. The molecule has 1 heterocycles. The standard InChI is InChI=1S/C11H3BrCl2F6N2OS/c12-8-9(24(23)11(18,19)20)21-3-22(8)7-5(13)1-4(2-6(7)14)10(15,16)17/h1-3H. The van der Waals surface area contributed by atoms with Crippen molar-refractivity contribution in [1.82, 2.24) is 9.55 Å². The van der Waals surface area contributed by atoms with E-state index in [-0.39, 0.29) is 5.69 Å². The number of imidazole rings is 1. The van der Waals surface area contributed by atoms with Crippen molar-refractivity contribution < 1.29 is 30.6 Å². The largest absolute Gasteiger partial charge is 0.477 e. The van der Waals surface area contributed by atoms with Crippen LogP contribution in [0.3, 0.4) is 0 Å². The fourth-order valence-electron chi connectivity index (χ4n) is 1.67. The van der Waals surface area contributed by atoms with Crippen LogP contribution in [0.4, 0.5) is 26.3 Å². The van der Waals surface area contributed by atoms with E-state index in [4.69, 9.17) is 23.2 Å². The molecule has 3 nitrogen and oxygen atoms in total. The van der Waals surface area contributed by atoms with Gasteiger partial charge < -0.3 is 0 Å². The molecule has 0 amide bonds. The number of benzene rings is 1. The number of rotatable bonds is 2. The zero-order valence-electron chi connectivity index (χ0n) is 10.8. The van der Waals surface area contributed by atoms with Crippen molar-refractivity contribution in [1.29, 1.82) is 0 Å². The number of hydrogen-bond donors (Lipinski definition) is 0. The van der Waals surface area contributed by atoms with Crippen molar-refractivity contribution >= 4 is 49.9 Å². The molecule has 0 saturated carbocycles. The molecule has 0 fully saturated rings. The molecule has 2 aromatic rings. The molecule has 0 radical (unpaired) electrons. The maximum atomic E-state index is 12.7. The second-order valence-electron chi connectivity index (χ2n) is 4.21. The zero-order valence-corrected chi connectivity index (χ0v) is 14.8. The van der Waals surface area contributed by atoms with Crippen LogP contribution in [0.1, 0.15) is 5.56 Å². The molecule has 0 saturated heterocycles. The lowest BCUT2D eigenvalue weighted by atomic mass is 10.2. The van der Waals surface area contributed by atoms with Gasteiger partial charge in [-0.1, -0.05) is 23.2 Å². The summed E-state index contributed by atoms with van der Waals surface area (Å²) in [4.78, 5) is 3.37. The van der Waals surface area contributed by atoms with Crippen LogP contribution in [-0.4, -0.2) is 19.3 Å². The van der Waals surface area contributed by atoms with Gasteiger partial charge in [0.25, 0.3) is 0 Å². The molecule has 24 heavy (non-hydrogen) atoms. The fourth-order valence-corrected chi connectivity index (χ4v) is 3.76. The van der Waals surface area contributed by atoms with E-state index < -0.39 is 47.7 Å². The Morgan fingerprint density at radius 2 is 1.58 bits per heavy atom. The van der Waals surface area contributed by atoms with Crippen LogP contribution < -0.4 is 0 Å². The Labute approximate surface area is 151 Å². The van der Waals surface area contributed by atoms with Gasteiger partial charge in [-0.15, -0.1) is 0 Å². The van der Waals surface area contributed by atoms with Crippen molar-refractivity contribution in [3.63, 3.8) is 0 Å². The molecule has 1 atom stereocenters. The normalized spacial score (nSPS) is 14.0. The molecule has 0 aliphatic rings. The molecule has 0 aliphatic heterocycles. The molecule has 0 N–H and O–H groups in total. The summed E-state index contributed by atoms with van der Waals surface area (Å²) < 4.78 is 87.5. The van der Waals surface area contributed by atoms with E-state index in [1.807, 2.05) is 0 Å². The lowest BCUT2D eigenvalue weighted by Gasteiger charge is -2.13. The first-order valence-electron chi connectivity index (χ1n) is 5.62. The van der Waals surface area contributed by atoms with Crippen molar-refractivity contribution in [2.75, 3.05) is 0 Å². The molecule has 2 rings (SSSR count). The third kappa shape index (κ3) is 3.73. The lowest BCUT2D eigenvalue weighted by Crippen LogP contribution is -2.17. The van der Waals surface area contributed by atoms with Crippen LogP contribution in [-0.2, 0) is 17.0 Å². The summed E-state index contributed by atoms with van der Waals surface area (Å²) in [6.07, 6.45) is -3.90. The van der Waals surface area contributed by atoms with Crippen molar-refractivity contribution in [3.8, 4) is 5.69 Å². The van der Waals surface area contributed by atoms with Gasteiger partial charge in [-0.2, -0.15) is 26.3 Å². The van der Waals surface area contributed by atoms with E-state index in [0.29, 0.717) is 12.1 Å². The van der Waals surface area contributed by atoms with Crippen LogP contribution >= 0.6 is 39.1 Å². The summed E-state index contributed by atoms with van der Waals surface area (Å²) in [5, 5.41) is -1.82. The molecule has 0 bridgehead atoms. The van der Waals surface area contributed by atoms with Gasteiger partial charge in [-0.25, -0.2) is 9.19 Å². The smallest absolute Gasteiger partial charge is 0.289 e. The van der Waals surface area contributed by atoms with E-state index in [0.717, 1.165) is 10.9 Å². The van der Waals surface area contributed by atoms with Gasteiger partial charge >= 0.3 is 11.7 Å². The van der Waals surface area contributed by atoms with Crippen molar-refractivity contribution in [2.24, 2.45) is 0 Å². The Kier molecular flexibility index (Phi) is 5.30. The average Bonchev–Trinajstić information content (AvgIpc) is 2.77. The first-order valence-corrected chi connectivity index (χ1v) is 8.32. The molecule has 132 valence electrons. The first-order chi connectivity index (χ1) is 10.8. The van der Waals surface area contributed by atoms with Gasteiger partial charge in [-0.3, -0.25) is 4.57 Å². The maximum Gasteiger partial charge on any atom is 0.477 e. The molecule has 1 aromatic heterocycles. The van der Waals surface area contributed by atoms with Gasteiger partial charge in [0.2, 0.25) is 0 Å². The van der Waals surface area contributed by atoms with Crippen molar-refractivity contribution in [2.45, 2.75) is 16.7 Å². The number of aromatic nitrogens is 2. The maximum absolute atomic E-state index is 12.7. The number of halogens is 9. The first kappa shape index (κ1) is 19.5. The Morgan fingerprint density at radius 3 is 2.00 bits per heavy atom. The second-order valence-corrected chi connectivity index (χ2v) is 7.16. The van der Waals surface area contributed by atoms with Crippen molar-refractivity contribution in [3.05, 3.63) is 38.7 Å². The van der Waals surface area contributed by atoms with E-state index in [1.165, 1.54) is 0 Å². The van der Waals surface area contributed by atoms with Crippen LogP contribution in [0, 0.1) is 0 Å². The van der Waals surface area contributed by atoms with E-state index in [2.05, 4.69) is 20.9 Å². The minimum absolute atomic E-state index is 0.240. The molecule has 1 aromatic carbocycles. The Morgan fingerprint density at radius 1 is 1.08 bits per heavy atom. The molecule has 13 heteroatoms. The minimum atomic E-state index is -5.06. The van der Waals surface area contributed by atoms with Gasteiger partial charge in [0.15, 0.2) is 15.8 Å². The highest BCUT2D eigenvalue weighted by molar-refractivity contribution is 9.10. The Bertz CT molecular complexity index is 797. The second kappa shape index (κ2) is 6.50. The van der Waals surface area contributed by atoms with Gasteiger partial charge in [0.05, 0.1) is 21.3 Å². The predicted molar refractivity (Wildman–Crippen MR) is 78.7 cm³/mol. The summed E-state index contributed by atoms with van der Waals surface area (Å²) >= 11 is 14.3. The molecular formula is C11H3BrCl2F6N2OS. The summed E-state index contributed by atoms with van der Waals surface area (Å²) in [7, 11) is -3.44. The number of alkyl halides is 6. The summed E-state index contributed by atoms with van der Waals surface area (Å²) in [6, 6.07) is 1.13. The minimum Gasteiger partial charge on any atom is -0.289 e. The van der Waals surface area contributed by atoms with Crippen LogP contribution in [0.15, 0.2) is 28.1 Å². The lowest BCUT2D eigenvalue weighted by molar-refractivity contribution is -0.137. The summed E-state index contributed by atoms with van der Waals surface area (Å²) in [5.74, 6) is 0. The Hall–Kier alpha value is -0.780.